The highest BCUT2D eigenvalue weighted by Crippen LogP contribution is 2.37. The molecule has 0 saturated heterocycles. The van der Waals surface area contributed by atoms with Gasteiger partial charge in [-0.15, -0.1) is 0 Å². The van der Waals surface area contributed by atoms with Gasteiger partial charge in [0.05, 0.1) is 0 Å². The van der Waals surface area contributed by atoms with E-state index in [0.29, 0.717) is 6.42 Å². The summed E-state index contributed by atoms with van der Waals surface area (Å²) in [5.41, 5.74) is 6.25. The Balaban J connectivity index is 2.75. The molecule has 102 valence electrons. The van der Waals surface area contributed by atoms with E-state index in [1.165, 1.54) is 12.1 Å². The molecule has 0 aromatic heterocycles. The van der Waals surface area contributed by atoms with E-state index in [1.807, 2.05) is 0 Å². The smallest absolute Gasteiger partial charge is 0.426 e. The van der Waals surface area contributed by atoms with Crippen molar-refractivity contribution in [1.29, 1.82) is 0 Å². The molecule has 1 aromatic rings. The number of hydrogen-bond acceptors (Lipinski definition) is 2. The second-order valence-corrected chi connectivity index (χ2v) is 3.94. The van der Waals surface area contributed by atoms with Crippen molar-refractivity contribution >= 4 is 0 Å². The van der Waals surface area contributed by atoms with Crippen LogP contribution in [-0.4, -0.2) is 18.3 Å². The van der Waals surface area contributed by atoms with Crippen molar-refractivity contribution in [2.75, 3.05) is 0 Å². The maximum atomic E-state index is 12.6. The fourth-order valence-electron chi connectivity index (χ4n) is 1.27. The highest BCUT2D eigenvalue weighted by Gasteiger charge is 2.61. The molecule has 1 aromatic carbocycles. The summed E-state index contributed by atoms with van der Waals surface area (Å²) in [7, 11) is 0. The first kappa shape index (κ1) is 14.7. The standard InChI is InChI=1S/C11H12F5NO/c1-7(17)6-8-2-4-9(5-3-8)18-11(15,16)10(12,13)14/h2-5,7H,6,17H2,1H3. The SMILES string of the molecule is CC(N)Cc1ccc(OC(F)(F)C(F)(F)F)cc1. The maximum absolute atomic E-state index is 12.6. The zero-order chi connectivity index (χ0) is 14.0. The Bertz CT molecular complexity index is 385. The molecule has 0 spiro atoms. The molecule has 0 aliphatic rings. The summed E-state index contributed by atoms with van der Waals surface area (Å²) >= 11 is 0. The first-order valence-electron chi connectivity index (χ1n) is 5.10. The number of nitrogens with two attached hydrogens (primary N) is 1. The van der Waals surface area contributed by atoms with Crippen molar-refractivity contribution in [3.8, 4) is 5.75 Å². The zero-order valence-electron chi connectivity index (χ0n) is 9.47. The van der Waals surface area contributed by atoms with E-state index in [1.54, 1.807) is 6.92 Å². The molecule has 1 atom stereocenters. The predicted octanol–water partition coefficient (Wildman–Crippen LogP) is 3.11. The van der Waals surface area contributed by atoms with Crippen LogP contribution < -0.4 is 10.5 Å². The zero-order valence-corrected chi connectivity index (χ0v) is 9.47. The topological polar surface area (TPSA) is 35.2 Å². The lowest BCUT2D eigenvalue weighted by atomic mass is 10.1. The molecule has 1 unspecified atom stereocenters. The lowest BCUT2D eigenvalue weighted by Crippen LogP contribution is -2.41. The summed E-state index contributed by atoms with van der Waals surface area (Å²) in [5, 5.41) is 0. The molecule has 1 rings (SSSR count). The van der Waals surface area contributed by atoms with Crippen molar-refractivity contribution < 1.29 is 26.7 Å². The number of rotatable bonds is 4. The molecule has 0 aliphatic heterocycles. The Kier molecular flexibility index (Phi) is 4.16. The number of alkyl halides is 5. The number of ether oxygens (including phenoxy) is 1. The molecule has 0 saturated carbocycles. The monoisotopic (exact) mass is 269 g/mol. The Hall–Kier alpha value is -1.37. The molecule has 0 amide bonds. The summed E-state index contributed by atoms with van der Waals surface area (Å²) in [6.45, 7) is 1.75. The molecule has 2 N–H and O–H groups in total. The Labute approximate surface area is 101 Å². The van der Waals surface area contributed by atoms with Crippen LogP contribution in [0.2, 0.25) is 0 Å². The van der Waals surface area contributed by atoms with Gasteiger partial charge in [0.2, 0.25) is 0 Å². The predicted molar refractivity (Wildman–Crippen MR) is 55.4 cm³/mol. The van der Waals surface area contributed by atoms with E-state index < -0.39 is 18.0 Å². The third-order valence-corrected chi connectivity index (χ3v) is 2.06. The van der Waals surface area contributed by atoms with Crippen LogP contribution in [0.5, 0.6) is 5.75 Å². The van der Waals surface area contributed by atoms with E-state index in [0.717, 1.165) is 17.7 Å². The lowest BCUT2D eigenvalue weighted by Gasteiger charge is -2.20. The van der Waals surface area contributed by atoms with Gasteiger partial charge in [-0.1, -0.05) is 12.1 Å². The quantitative estimate of drug-likeness (QED) is 0.852. The van der Waals surface area contributed by atoms with Crippen LogP contribution in [0, 0.1) is 0 Å². The van der Waals surface area contributed by atoms with Crippen LogP contribution in [0.1, 0.15) is 12.5 Å². The van der Waals surface area contributed by atoms with Gasteiger partial charge in [0.15, 0.2) is 0 Å². The molecule has 0 fully saturated rings. The van der Waals surface area contributed by atoms with Crippen LogP contribution in [0.4, 0.5) is 22.0 Å². The fraction of sp³-hybridized carbons (Fsp3) is 0.455. The molecule has 7 heteroatoms. The van der Waals surface area contributed by atoms with Gasteiger partial charge in [0, 0.05) is 6.04 Å². The van der Waals surface area contributed by atoms with Crippen LogP contribution in [-0.2, 0) is 6.42 Å². The molecule has 18 heavy (non-hydrogen) atoms. The Morgan fingerprint density at radius 3 is 2.00 bits per heavy atom. The second-order valence-electron chi connectivity index (χ2n) is 3.94. The number of halogens is 5. The van der Waals surface area contributed by atoms with Crippen molar-refractivity contribution in [3.05, 3.63) is 29.8 Å². The van der Waals surface area contributed by atoms with Gasteiger partial charge in [-0.2, -0.15) is 22.0 Å². The van der Waals surface area contributed by atoms with Crippen LogP contribution in [0.15, 0.2) is 24.3 Å². The van der Waals surface area contributed by atoms with Gasteiger partial charge in [-0.25, -0.2) is 0 Å². The van der Waals surface area contributed by atoms with E-state index in [2.05, 4.69) is 4.74 Å². The van der Waals surface area contributed by atoms with Crippen molar-refractivity contribution in [3.63, 3.8) is 0 Å². The largest absolute Gasteiger partial charge is 0.499 e. The second kappa shape index (κ2) is 5.09. The van der Waals surface area contributed by atoms with Gasteiger partial charge in [-0.05, 0) is 31.0 Å². The molecule has 0 heterocycles. The first-order valence-corrected chi connectivity index (χ1v) is 5.10. The third-order valence-electron chi connectivity index (χ3n) is 2.06. The molecule has 0 radical (unpaired) electrons. The van der Waals surface area contributed by atoms with Crippen molar-refractivity contribution in [2.24, 2.45) is 5.73 Å². The average molecular weight is 269 g/mol. The molecular formula is C11H12F5NO. The minimum Gasteiger partial charge on any atom is -0.426 e. The molecule has 2 nitrogen and oxygen atoms in total. The molecule has 0 bridgehead atoms. The van der Waals surface area contributed by atoms with E-state index in [9.17, 15) is 22.0 Å². The maximum Gasteiger partial charge on any atom is 0.499 e. The number of benzene rings is 1. The minimum absolute atomic E-state index is 0.131. The van der Waals surface area contributed by atoms with Gasteiger partial charge >= 0.3 is 12.3 Å². The van der Waals surface area contributed by atoms with E-state index >= 15 is 0 Å². The summed E-state index contributed by atoms with van der Waals surface area (Å²) in [5.74, 6) is -0.550. The highest BCUT2D eigenvalue weighted by atomic mass is 19.4. The van der Waals surface area contributed by atoms with Gasteiger partial charge < -0.3 is 10.5 Å². The highest BCUT2D eigenvalue weighted by molar-refractivity contribution is 5.28. The lowest BCUT2D eigenvalue weighted by molar-refractivity contribution is -0.360. The summed E-state index contributed by atoms with van der Waals surface area (Å²) in [6, 6.07) is 4.76. The van der Waals surface area contributed by atoms with Gasteiger partial charge in [0.25, 0.3) is 0 Å². The number of hydrogen-bond donors (Lipinski definition) is 1. The summed E-state index contributed by atoms with van der Waals surface area (Å²) < 4.78 is 64.4. The van der Waals surface area contributed by atoms with Crippen LogP contribution >= 0.6 is 0 Å². The van der Waals surface area contributed by atoms with Gasteiger partial charge in [0.1, 0.15) is 5.75 Å². The molecule has 0 aliphatic carbocycles. The summed E-state index contributed by atoms with van der Waals surface area (Å²) in [6.07, 6.45) is -10.4. The normalized spacial score (nSPS) is 14.4. The molecular weight excluding hydrogens is 257 g/mol. The first-order chi connectivity index (χ1) is 8.12. The Morgan fingerprint density at radius 2 is 1.61 bits per heavy atom. The van der Waals surface area contributed by atoms with Crippen LogP contribution in [0.25, 0.3) is 0 Å². The fourth-order valence-corrected chi connectivity index (χ4v) is 1.27. The van der Waals surface area contributed by atoms with E-state index in [-0.39, 0.29) is 6.04 Å². The summed E-state index contributed by atoms with van der Waals surface area (Å²) in [4.78, 5) is 0. The average Bonchev–Trinajstić information content (AvgIpc) is 2.18. The minimum atomic E-state index is -5.74. The Morgan fingerprint density at radius 1 is 1.11 bits per heavy atom. The van der Waals surface area contributed by atoms with Crippen molar-refractivity contribution in [1.82, 2.24) is 0 Å². The van der Waals surface area contributed by atoms with Gasteiger partial charge in [-0.3, -0.25) is 0 Å². The third kappa shape index (κ3) is 3.83. The van der Waals surface area contributed by atoms with E-state index in [4.69, 9.17) is 5.73 Å². The van der Waals surface area contributed by atoms with Crippen molar-refractivity contribution in [2.45, 2.75) is 31.7 Å². The van der Waals surface area contributed by atoms with Crippen LogP contribution in [0.3, 0.4) is 0 Å².